The minimum atomic E-state index is -0.747. The quantitative estimate of drug-likeness (QED) is 0.105. The second kappa shape index (κ2) is 14.4. The average Bonchev–Trinajstić information content (AvgIpc) is 3.76. The van der Waals surface area contributed by atoms with Crippen molar-refractivity contribution in [2.75, 3.05) is 24.6 Å². The molecular formula is C37H42N4O4S3. The molecule has 0 saturated carbocycles. The molecule has 4 heterocycles. The van der Waals surface area contributed by atoms with Crippen molar-refractivity contribution in [3.05, 3.63) is 116 Å². The van der Waals surface area contributed by atoms with Crippen molar-refractivity contribution in [2.24, 2.45) is 0 Å². The minimum Gasteiger partial charge on any atom is -0.494 e. The molecule has 0 radical (unpaired) electrons. The Morgan fingerprint density at radius 2 is 1.12 bits per heavy atom. The lowest BCUT2D eigenvalue weighted by atomic mass is 9.86. The van der Waals surface area contributed by atoms with E-state index in [9.17, 15) is 19.8 Å². The lowest BCUT2D eigenvalue weighted by molar-refractivity contribution is 0.286. The van der Waals surface area contributed by atoms with Gasteiger partial charge in [0.15, 0.2) is 16.9 Å². The first-order valence-corrected chi connectivity index (χ1v) is 18.9. The maximum atomic E-state index is 13.4. The van der Waals surface area contributed by atoms with E-state index >= 15 is 0 Å². The summed E-state index contributed by atoms with van der Waals surface area (Å²) < 4.78 is 3.13. The highest BCUT2D eigenvalue weighted by Crippen LogP contribution is 2.41. The molecule has 8 nitrogen and oxygen atoms in total. The molecule has 4 N–H and O–H groups in total. The third-order valence-electron chi connectivity index (χ3n) is 9.76. The molecule has 2 aliphatic heterocycles. The summed E-state index contributed by atoms with van der Waals surface area (Å²) in [7, 11) is 0. The van der Waals surface area contributed by atoms with Crippen LogP contribution in [0.1, 0.15) is 61.8 Å². The van der Waals surface area contributed by atoms with Crippen LogP contribution in [0, 0.1) is 0 Å². The number of fused-ring (bicyclic) bond motifs is 2. The molecule has 6 rings (SSSR count). The highest BCUT2D eigenvalue weighted by atomic mass is 32.2. The predicted octanol–water partition coefficient (Wildman–Crippen LogP) is 5.97. The van der Waals surface area contributed by atoms with E-state index in [0.29, 0.717) is 43.9 Å². The Morgan fingerprint density at radius 1 is 0.729 bits per heavy atom. The number of hydrogen-bond donors (Lipinski definition) is 4. The maximum absolute atomic E-state index is 13.4. The summed E-state index contributed by atoms with van der Waals surface area (Å²) in [6.45, 7) is 5.20. The minimum absolute atomic E-state index is 0.0656. The van der Waals surface area contributed by atoms with Crippen molar-refractivity contribution in [1.29, 1.82) is 0 Å². The number of rotatable bonds is 12. The molecule has 2 aliphatic rings. The third-order valence-corrected chi connectivity index (χ3v) is 12.2. The number of aromatic nitrogens is 2. The van der Waals surface area contributed by atoms with Crippen LogP contribution in [0.4, 0.5) is 0 Å². The third kappa shape index (κ3) is 6.64. The number of nitrogens with zero attached hydrogens (tertiary/aromatic N) is 2. The molecule has 2 aromatic heterocycles. The fourth-order valence-corrected chi connectivity index (χ4v) is 9.49. The molecule has 2 atom stereocenters. The fraction of sp³-hybridized carbons (Fsp3) is 0.378. The van der Waals surface area contributed by atoms with Crippen molar-refractivity contribution in [3.63, 3.8) is 0 Å². The van der Waals surface area contributed by atoms with E-state index in [1.165, 1.54) is 0 Å². The molecule has 0 bridgehead atoms. The number of thiocarbonyl (C=S) groups is 1. The molecule has 48 heavy (non-hydrogen) atoms. The monoisotopic (exact) mass is 702 g/mol. The summed E-state index contributed by atoms with van der Waals surface area (Å²) >= 11 is 8.85. The van der Waals surface area contributed by atoms with Gasteiger partial charge in [-0.15, -0.1) is 23.5 Å². The van der Waals surface area contributed by atoms with Crippen molar-refractivity contribution in [3.8, 4) is 11.8 Å². The average molecular weight is 703 g/mol. The summed E-state index contributed by atoms with van der Waals surface area (Å²) in [5.41, 5.74) is 1.73. The van der Waals surface area contributed by atoms with Crippen LogP contribution in [0.15, 0.2) is 92.2 Å². The van der Waals surface area contributed by atoms with E-state index in [1.54, 1.807) is 44.8 Å². The predicted molar refractivity (Wildman–Crippen MR) is 199 cm³/mol. The summed E-state index contributed by atoms with van der Waals surface area (Å²) in [6, 6.07) is 23.1. The summed E-state index contributed by atoms with van der Waals surface area (Å²) in [5, 5.41) is 29.7. The van der Waals surface area contributed by atoms with E-state index < -0.39 is 11.1 Å². The Balaban J connectivity index is 1.08. The fourth-order valence-electron chi connectivity index (χ4n) is 7.13. The molecule has 0 fully saturated rings. The molecule has 0 aliphatic carbocycles. The van der Waals surface area contributed by atoms with E-state index in [0.717, 1.165) is 56.4 Å². The highest BCUT2D eigenvalue weighted by Gasteiger charge is 2.35. The summed E-state index contributed by atoms with van der Waals surface area (Å²) in [4.78, 5) is 28.5. The number of hydrogen-bond acceptors (Lipinski definition) is 7. The van der Waals surface area contributed by atoms with Gasteiger partial charge in [-0.3, -0.25) is 18.7 Å². The van der Waals surface area contributed by atoms with Crippen molar-refractivity contribution in [2.45, 2.75) is 73.2 Å². The van der Waals surface area contributed by atoms with Gasteiger partial charge in [0.2, 0.25) is 0 Å². The van der Waals surface area contributed by atoms with Gasteiger partial charge in [0.1, 0.15) is 0 Å². The number of pyridine rings is 2. The maximum Gasteiger partial charge on any atom is 0.255 e. The summed E-state index contributed by atoms with van der Waals surface area (Å²) in [5.74, 6) is 1.86. The lowest BCUT2D eigenvalue weighted by Gasteiger charge is -2.34. The topological polar surface area (TPSA) is 109 Å². The first-order chi connectivity index (χ1) is 23.1. The van der Waals surface area contributed by atoms with Gasteiger partial charge in [-0.2, -0.15) is 0 Å². The molecule has 2 aromatic carbocycles. The molecular weight excluding hydrogens is 661 g/mol. The molecule has 0 saturated heterocycles. The SMILES string of the molecule is CC(CCCNC(=S)NCCCC(C)(c1ccccc1)n1c(O)c2c(cc1=O)SCC2)(c1ccccc1)n1c(O)c2c(cc1=O)SCC2. The number of benzene rings is 2. The molecule has 0 spiro atoms. The van der Waals surface area contributed by atoms with Crippen molar-refractivity contribution >= 4 is 40.9 Å². The number of aromatic hydroxyl groups is 2. The Labute approximate surface area is 295 Å². The largest absolute Gasteiger partial charge is 0.494 e. The Hall–Kier alpha value is -3.67. The zero-order valence-corrected chi connectivity index (χ0v) is 29.8. The van der Waals surface area contributed by atoms with E-state index in [-0.39, 0.29) is 22.9 Å². The van der Waals surface area contributed by atoms with Crippen LogP contribution in [0.25, 0.3) is 0 Å². The van der Waals surface area contributed by atoms with E-state index in [2.05, 4.69) is 10.6 Å². The normalized spacial score (nSPS) is 16.0. The standard InChI is InChI=1S/C37H42N4O4S3/c1-36(25-11-5-3-6-12-25,40-31(42)23-29-27(33(40)44)15-21-47-29)17-9-19-38-35(46)39-20-10-18-37(2,26-13-7-4-8-14-26)41-32(43)24-30-28(34(41)45)16-22-48-30/h3-8,11-14,23-24,44-45H,9-10,15-22H2,1-2H3,(H2,38,39,46). The second-order valence-corrected chi connectivity index (χ2v) is 15.5. The number of thioether (sulfide) groups is 2. The van der Waals surface area contributed by atoms with E-state index in [4.69, 9.17) is 12.2 Å². The molecule has 2 unspecified atom stereocenters. The first kappa shape index (κ1) is 34.2. The molecule has 4 aromatic rings. The van der Waals surface area contributed by atoms with Gasteiger partial charge in [-0.25, -0.2) is 0 Å². The smallest absolute Gasteiger partial charge is 0.255 e. The van der Waals surface area contributed by atoms with Crippen LogP contribution in [0.3, 0.4) is 0 Å². The van der Waals surface area contributed by atoms with Crippen LogP contribution in [0.2, 0.25) is 0 Å². The molecule has 0 amide bonds. The Morgan fingerprint density at radius 3 is 1.52 bits per heavy atom. The van der Waals surface area contributed by atoms with Gasteiger partial charge in [-0.05, 0) is 75.7 Å². The highest BCUT2D eigenvalue weighted by molar-refractivity contribution is 7.99. The van der Waals surface area contributed by atoms with Crippen LogP contribution in [-0.4, -0.2) is 49.1 Å². The van der Waals surface area contributed by atoms with Gasteiger partial charge in [-0.1, -0.05) is 60.7 Å². The lowest BCUT2D eigenvalue weighted by Crippen LogP contribution is -2.42. The zero-order valence-electron chi connectivity index (χ0n) is 27.3. The van der Waals surface area contributed by atoms with Crippen molar-refractivity contribution in [1.82, 2.24) is 19.8 Å². The van der Waals surface area contributed by atoms with Crippen LogP contribution in [0.5, 0.6) is 11.8 Å². The Bertz CT molecular complexity index is 1780. The first-order valence-electron chi connectivity index (χ1n) is 16.5. The Kier molecular flexibility index (Phi) is 10.3. The van der Waals surface area contributed by atoms with E-state index in [1.807, 2.05) is 74.5 Å². The van der Waals surface area contributed by atoms with Gasteiger partial charge < -0.3 is 20.8 Å². The van der Waals surface area contributed by atoms with Crippen molar-refractivity contribution < 1.29 is 10.2 Å². The second-order valence-electron chi connectivity index (χ2n) is 12.8. The van der Waals surface area contributed by atoms with Gasteiger partial charge in [0.05, 0.1) is 11.1 Å². The molecule has 11 heteroatoms. The zero-order chi connectivity index (χ0) is 33.9. The summed E-state index contributed by atoms with van der Waals surface area (Å²) in [6.07, 6.45) is 4.12. The van der Waals surface area contributed by atoms with Crippen LogP contribution < -0.4 is 21.8 Å². The van der Waals surface area contributed by atoms with Gasteiger partial charge in [0, 0.05) is 57.6 Å². The molecule has 252 valence electrons. The number of nitrogens with one attached hydrogen (secondary N) is 2. The van der Waals surface area contributed by atoms with Gasteiger partial charge >= 0.3 is 0 Å². The van der Waals surface area contributed by atoms with Gasteiger partial charge in [0.25, 0.3) is 11.1 Å². The van der Waals surface area contributed by atoms with Crippen LogP contribution in [-0.2, 0) is 23.9 Å². The van der Waals surface area contributed by atoms with Crippen LogP contribution >= 0.6 is 35.7 Å².